The SMILES string of the molecule is CCC(O)(CC)CCCS[C@@H](CO[Si](C)(C)C(C)(C)C)[C@H]1[C@@H](O)C[C@H]2C3=CC=C4CCCC[C@]4(C)[C@H]3CC[C@]12C. The fourth-order valence-corrected chi connectivity index (χ4v) is 11.4. The highest BCUT2D eigenvalue weighted by Crippen LogP contribution is 2.66. The number of allylic oxidation sites excluding steroid dienone is 4. The number of hydrogen-bond acceptors (Lipinski definition) is 4. The van der Waals surface area contributed by atoms with Gasteiger partial charge in [0.15, 0.2) is 8.32 Å². The predicted octanol–water partition coefficient (Wildman–Crippen LogP) is 9.30. The zero-order valence-electron chi connectivity index (χ0n) is 27.4. The molecule has 3 nitrogen and oxygen atoms in total. The number of aliphatic hydroxyl groups excluding tert-OH is 1. The van der Waals surface area contributed by atoms with Crippen LogP contribution in [0.2, 0.25) is 18.1 Å². The van der Waals surface area contributed by atoms with Gasteiger partial charge in [-0.1, -0.05) is 78.2 Å². The van der Waals surface area contributed by atoms with Crippen LogP contribution in [0.25, 0.3) is 0 Å². The predicted molar refractivity (Wildman–Crippen MR) is 175 cm³/mol. The molecule has 0 heterocycles. The number of thioether (sulfide) groups is 1. The molecule has 0 aromatic rings. The summed E-state index contributed by atoms with van der Waals surface area (Å²) in [5.74, 6) is 2.40. The highest BCUT2D eigenvalue weighted by molar-refractivity contribution is 7.99. The summed E-state index contributed by atoms with van der Waals surface area (Å²) in [6.07, 6.45) is 16.9. The summed E-state index contributed by atoms with van der Waals surface area (Å²) >= 11 is 2.03. The lowest BCUT2D eigenvalue weighted by Gasteiger charge is -2.54. The summed E-state index contributed by atoms with van der Waals surface area (Å²) in [6, 6.07) is 0. The second-order valence-electron chi connectivity index (χ2n) is 16.0. The molecule has 40 heavy (non-hydrogen) atoms. The highest BCUT2D eigenvalue weighted by atomic mass is 32.2. The minimum absolute atomic E-state index is 0.111. The molecule has 0 aliphatic heterocycles. The molecule has 0 radical (unpaired) electrons. The second kappa shape index (κ2) is 12.1. The molecular formula is C35H62O3SSi. The van der Waals surface area contributed by atoms with E-state index in [9.17, 15) is 10.2 Å². The Bertz CT molecular complexity index is 947. The average Bonchev–Trinajstić information content (AvgIpc) is 3.17. The van der Waals surface area contributed by atoms with Crippen LogP contribution in [0.5, 0.6) is 0 Å². The van der Waals surface area contributed by atoms with Gasteiger partial charge in [-0.15, -0.1) is 0 Å². The molecule has 4 aliphatic rings. The minimum Gasteiger partial charge on any atom is -0.416 e. The summed E-state index contributed by atoms with van der Waals surface area (Å²) < 4.78 is 6.91. The molecule has 3 saturated carbocycles. The fraction of sp³-hybridized carbons (Fsp3) is 0.886. The smallest absolute Gasteiger partial charge is 0.192 e. The molecule has 0 aromatic heterocycles. The van der Waals surface area contributed by atoms with Crippen molar-refractivity contribution in [3.8, 4) is 0 Å². The first kappa shape index (κ1) is 32.8. The van der Waals surface area contributed by atoms with Crippen molar-refractivity contribution in [2.75, 3.05) is 12.4 Å². The van der Waals surface area contributed by atoms with Crippen molar-refractivity contribution in [2.24, 2.45) is 28.6 Å². The lowest BCUT2D eigenvalue weighted by molar-refractivity contribution is 0.0230. The van der Waals surface area contributed by atoms with Crippen LogP contribution in [0.4, 0.5) is 0 Å². The first-order chi connectivity index (χ1) is 18.6. The van der Waals surface area contributed by atoms with Gasteiger partial charge in [0.25, 0.3) is 0 Å². The van der Waals surface area contributed by atoms with Gasteiger partial charge in [-0.2, -0.15) is 11.8 Å². The van der Waals surface area contributed by atoms with Crippen molar-refractivity contribution >= 4 is 20.1 Å². The maximum Gasteiger partial charge on any atom is 0.192 e. The first-order valence-corrected chi connectivity index (χ1v) is 20.6. The van der Waals surface area contributed by atoms with E-state index < -0.39 is 13.9 Å². The van der Waals surface area contributed by atoms with Crippen molar-refractivity contribution in [1.29, 1.82) is 0 Å². The van der Waals surface area contributed by atoms with E-state index in [0.29, 0.717) is 17.3 Å². The van der Waals surface area contributed by atoms with Crippen LogP contribution in [0.1, 0.15) is 119 Å². The lowest BCUT2D eigenvalue weighted by atomic mass is 9.50. The molecule has 3 fully saturated rings. The van der Waals surface area contributed by atoms with Crippen molar-refractivity contribution < 1.29 is 14.6 Å². The van der Waals surface area contributed by atoms with Crippen molar-refractivity contribution in [3.63, 3.8) is 0 Å². The Morgan fingerprint density at radius 3 is 2.42 bits per heavy atom. The van der Waals surface area contributed by atoms with Gasteiger partial charge in [-0.3, -0.25) is 0 Å². The third-order valence-electron chi connectivity index (χ3n) is 12.8. The van der Waals surface area contributed by atoms with E-state index in [0.717, 1.165) is 44.5 Å². The fourth-order valence-electron chi connectivity index (χ4n) is 8.77. The number of fused-ring (bicyclic) bond motifs is 5. The molecule has 230 valence electrons. The largest absolute Gasteiger partial charge is 0.416 e. The Morgan fingerprint density at radius 2 is 1.77 bits per heavy atom. The Labute approximate surface area is 252 Å². The summed E-state index contributed by atoms with van der Waals surface area (Å²) in [5, 5.41) is 23.2. The van der Waals surface area contributed by atoms with E-state index in [1.807, 2.05) is 11.8 Å². The zero-order valence-corrected chi connectivity index (χ0v) is 29.3. The number of hydrogen-bond donors (Lipinski definition) is 2. The third kappa shape index (κ3) is 6.12. The van der Waals surface area contributed by atoms with Crippen LogP contribution >= 0.6 is 11.8 Å². The lowest BCUT2D eigenvalue weighted by Crippen LogP contribution is -2.49. The van der Waals surface area contributed by atoms with E-state index in [1.54, 1.807) is 11.1 Å². The van der Waals surface area contributed by atoms with Crippen LogP contribution in [0.3, 0.4) is 0 Å². The van der Waals surface area contributed by atoms with E-state index in [-0.39, 0.29) is 27.7 Å². The summed E-state index contributed by atoms with van der Waals surface area (Å²) in [4.78, 5) is 0. The number of aliphatic hydroxyl groups is 2. The topological polar surface area (TPSA) is 49.7 Å². The molecule has 0 bridgehead atoms. The van der Waals surface area contributed by atoms with Crippen molar-refractivity contribution in [3.05, 3.63) is 23.3 Å². The van der Waals surface area contributed by atoms with Crippen LogP contribution in [-0.2, 0) is 4.43 Å². The molecular weight excluding hydrogens is 529 g/mol. The van der Waals surface area contributed by atoms with Gasteiger partial charge in [0, 0.05) is 17.8 Å². The first-order valence-electron chi connectivity index (χ1n) is 16.7. The van der Waals surface area contributed by atoms with Gasteiger partial charge in [-0.05, 0) is 111 Å². The highest BCUT2D eigenvalue weighted by Gasteiger charge is 2.60. The van der Waals surface area contributed by atoms with E-state index >= 15 is 0 Å². The Kier molecular flexibility index (Phi) is 9.96. The maximum atomic E-state index is 11.9. The van der Waals surface area contributed by atoms with Gasteiger partial charge in [0.1, 0.15) is 0 Å². The van der Waals surface area contributed by atoms with Gasteiger partial charge in [-0.25, -0.2) is 0 Å². The van der Waals surface area contributed by atoms with Crippen LogP contribution in [0.15, 0.2) is 23.3 Å². The van der Waals surface area contributed by atoms with E-state index in [4.69, 9.17) is 4.43 Å². The summed E-state index contributed by atoms with van der Waals surface area (Å²) in [6.45, 7) is 21.7. The number of rotatable bonds is 11. The molecule has 0 unspecified atom stereocenters. The molecule has 0 aromatic carbocycles. The average molecular weight is 591 g/mol. The molecule has 7 atom stereocenters. The molecule has 5 heteroatoms. The van der Waals surface area contributed by atoms with Crippen LogP contribution < -0.4 is 0 Å². The maximum absolute atomic E-state index is 11.9. The Hall–Kier alpha value is -0.0731. The minimum atomic E-state index is -1.91. The quantitative estimate of drug-likeness (QED) is 0.186. The van der Waals surface area contributed by atoms with Gasteiger partial charge in [0.05, 0.1) is 11.7 Å². The van der Waals surface area contributed by atoms with Gasteiger partial charge >= 0.3 is 0 Å². The zero-order chi connectivity index (χ0) is 29.6. The van der Waals surface area contributed by atoms with Crippen molar-refractivity contribution in [2.45, 2.75) is 154 Å². The summed E-state index contributed by atoms with van der Waals surface area (Å²) in [5.41, 5.74) is 3.27. The van der Waals surface area contributed by atoms with Crippen LogP contribution in [0, 0.1) is 28.6 Å². The molecule has 4 rings (SSSR count). The molecule has 4 aliphatic carbocycles. The van der Waals surface area contributed by atoms with E-state index in [2.05, 4.69) is 73.7 Å². The van der Waals surface area contributed by atoms with Crippen molar-refractivity contribution in [1.82, 2.24) is 0 Å². The molecule has 0 spiro atoms. The standard InChI is InChI=1S/C35H62O3SSi/c1-10-35(37,11-2)20-14-22-39-30(24-38-40(8,9)32(3,4)5)31-29(36)23-28-26-17-16-25-15-12-13-19-33(25,6)27(26)18-21-34(28,31)7/h16-17,27-31,36-37H,10-15,18-24H2,1-9H3/t27-,28-,29-,30-,31+,33-,34-/m0/s1. The third-order valence-corrected chi connectivity index (χ3v) is 18.7. The second-order valence-corrected chi connectivity index (χ2v) is 22.1. The van der Waals surface area contributed by atoms with E-state index in [1.165, 1.54) is 38.5 Å². The molecule has 0 amide bonds. The normalized spacial score (nSPS) is 35.4. The monoisotopic (exact) mass is 590 g/mol. The Balaban J connectivity index is 1.57. The van der Waals surface area contributed by atoms with Crippen LogP contribution in [-0.4, -0.2) is 47.8 Å². The van der Waals surface area contributed by atoms with Gasteiger partial charge in [0.2, 0.25) is 0 Å². The Morgan fingerprint density at radius 1 is 1.07 bits per heavy atom. The van der Waals surface area contributed by atoms with Gasteiger partial charge < -0.3 is 14.6 Å². The molecule has 0 saturated heterocycles. The summed E-state index contributed by atoms with van der Waals surface area (Å²) in [7, 11) is -1.91. The molecule has 2 N–H and O–H groups in total.